The van der Waals surface area contributed by atoms with Crippen molar-refractivity contribution < 1.29 is 23.9 Å². The predicted molar refractivity (Wildman–Crippen MR) is 132 cm³/mol. The maximum absolute atomic E-state index is 13.4. The van der Waals surface area contributed by atoms with Crippen LogP contribution in [0.5, 0.6) is 0 Å². The fourth-order valence-corrected chi connectivity index (χ4v) is 4.33. The van der Waals surface area contributed by atoms with Crippen LogP contribution in [0.25, 0.3) is 0 Å². The van der Waals surface area contributed by atoms with Crippen LogP contribution in [0.3, 0.4) is 0 Å². The van der Waals surface area contributed by atoms with Crippen LogP contribution in [0.2, 0.25) is 0 Å². The first-order valence-corrected chi connectivity index (χ1v) is 12.1. The lowest BCUT2D eigenvalue weighted by molar-refractivity contribution is -0.147. The summed E-state index contributed by atoms with van der Waals surface area (Å²) in [6.07, 6.45) is 1.20. The van der Waals surface area contributed by atoms with E-state index in [4.69, 9.17) is 4.74 Å². The quantitative estimate of drug-likeness (QED) is 0.326. The highest BCUT2D eigenvalue weighted by molar-refractivity contribution is 7.80. The number of likely N-dealkylation sites (tertiary alicyclic amines) is 1. The normalized spacial score (nSPS) is 17.0. The summed E-state index contributed by atoms with van der Waals surface area (Å²) in [5, 5.41) is 2.67. The minimum Gasteiger partial charge on any atom is -0.464 e. The second kappa shape index (κ2) is 11.8. The number of nitrogens with one attached hydrogen (secondary N) is 1. The van der Waals surface area contributed by atoms with Gasteiger partial charge in [-0.3, -0.25) is 14.4 Å². The van der Waals surface area contributed by atoms with Gasteiger partial charge >= 0.3 is 5.97 Å². The largest absolute Gasteiger partial charge is 0.464 e. The van der Waals surface area contributed by atoms with E-state index in [-0.39, 0.29) is 24.1 Å². The number of ketones is 1. The van der Waals surface area contributed by atoms with Crippen molar-refractivity contribution in [3.05, 3.63) is 71.3 Å². The maximum atomic E-state index is 13.4. The van der Waals surface area contributed by atoms with Gasteiger partial charge in [0.2, 0.25) is 11.8 Å². The zero-order chi connectivity index (χ0) is 24.7. The van der Waals surface area contributed by atoms with E-state index in [0.29, 0.717) is 36.1 Å². The number of rotatable bonds is 9. The van der Waals surface area contributed by atoms with Gasteiger partial charge in [-0.15, -0.1) is 0 Å². The molecule has 3 rings (SSSR count). The van der Waals surface area contributed by atoms with E-state index < -0.39 is 29.9 Å². The number of carbonyl (C=O) groups is 4. The third-order valence-electron chi connectivity index (χ3n) is 5.96. The van der Waals surface area contributed by atoms with Gasteiger partial charge in [0.05, 0.1) is 12.5 Å². The Balaban J connectivity index is 1.73. The van der Waals surface area contributed by atoms with E-state index in [9.17, 15) is 19.2 Å². The number of benzene rings is 2. The number of amides is 2. The van der Waals surface area contributed by atoms with Crippen molar-refractivity contribution in [2.24, 2.45) is 0 Å². The highest BCUT2D eigenvalue weighted by Crippen LogP contribution is 2.26. The van der Waals surface area contributed by atoms with Crippen molar-refractivity contribution in [3.8, 4) is 0 Å². The molecule has 180 valence electrons. The molecule has 34 heavy (non-hydrogen) atoms. The summed E-state index contributed by atoms with van der Waals surface area (Å²) in [5.74, 6) is -1.68. The Morgan fingerprint density at radius 1 is 1.09 bits per heavy atom. The van der Waals surface area contributed by atoms with Gasteiger partial charge in [0.15, 0.2) is 5.78 Å². The van der Waals surface area contributed by atoms with Crippen LogP contribution in [0.15, 0.2) is 54.6 Å². The molecule has 0 bridgehead atoms. The second-order valence-corrected chi connectivity index (χ2v) is 8.59. The number of hydrogen-bond donors (Lipinski definition) is 2. The SMILES string of the molecule is CCOC(=O)C(CS)NC(=O)C1CCCN1C(=O)C(C)c1cccc(C(=O)c2ccccc2)c1. The fraction of sp³-hybridized carbons (Fsp3) is 0.385. The number of hydrogen-bond acceptors (Lipinski definition) is 6. The first kappa shape index (κ1) is 25.5. The number of thiol groups is 1. The lowest BCUT2D eigenvalue weighted by atomic mass is 9.94. The number of esters is 1. The van der Waals surface area contributed by atoms with E-state index in [1.54, 1.807) is 49.1 Å². The van der Waals surface area contributed by atoms with Gasteiger partial charge in [-0.1, -0.05) is 48.5 Å². The first-order chi connectivity index (χ1) is 16.4. The van der Waals surface area contributed by atoms with E-state index >= 15 is 0 Å². The van der Waals surface area contributed by atoms with Crippen LogP contribution < -0.4 is 5.32 Å². The number of ether oxygens (including phenoxy) is 1. The van der Waals surface area contributed by atoms with E-state index in [0.717, 1.165) is 0 Å². The molecule has 2 amide bonds. The minimum absolute atomic E-state index is 0.101. The van der Waals surface area contributed by atoms with Gasteiger partial charge in [-0.05, 0) is 38.3 Å². The van der Waals surface area contributed by atoms with Crippen LogP contribution in [0, 0.1) is 0 Å². The smallest absolute Gasteiger partial charge is 0.329 e. The summed E-state index contributed by atoms with van der Waals surface area (Å²) >= 11 is 4.14. The summed E-state index contributed by atoms with van der Waals surface area (Å²) in [6, 6.07) is 14.5. The number of nitrogens with zero attached hydrogens (tertiary/aromatic N) is 1. The molecule has 0 radical (unpaired) electrons. The van der Waals surface area contributed by atoms with Gasteiger partial charge in [0.1, 0.15) is 12.1 Å². The first-order valence-electron chi connectivity index (χ1n) is 11.4. The predicted octanol–water partition coefficient (Wildman–Crippen LogP) is 2.99. The average molecular weight is 483 g/mol. The topological polar surface area (TPSA) is 92.8 Å². The van der Waals surface area contributed by atoms with Crippen molar-refractivity contribution >= 4 is 36.2 Å². The molecule has 1 fully saturated rings. The molecule has 0 spiro atoms. The van der Waals surface area contributed by atoms with Gasteiger partial charge < -0.3 is 15.0 Å². The summed E-state index contributed by atoms with van der Waals surface area (Å²) < 4.78 is 4.98. The Labute approximate surface area is 205 Å². The van der Waals surface area contributed by atoms with Crippen molar-refractivity contribution in [1.29, 1.82) is 0 Å². The maximum Gasteiger partial charge on any atom is 0.329 e. The molecule has 1 aliphatic rings. The molecule has 0 saturated carbocycles. The molecule has 2 aromatic carbocycles. The molecule has 7 nitrogen and oxygen atoms in total. The van der Waals surface area contributed by atoms with Gasteiger partial charge in [0.25, 0.3) is 0 Å². The molecule has 1 N–H and O–H groups in total. The molecule has 0 aromatic heterocycles. The molecule has 0 aliphatic carbocycles. The molecule has 3 unspecified atom stereocenters. The molecular formula is C26H30N2O5S. The molecule has 8 heteroatoms. The third-order valence-corrected chi connectivity index (χ3v) is 6.33. The average Bonchev–Trinajstić information content (AvgIpc) is 3.36. The van der Waals surface area contributed by atoms with Gasteiger partial charge in [-0.25, -0.2) is 4.79 Å². The summed E-state index contributed by atoms with van der Waals surface area (Å²) in [7, 11) is 0. The lowest BCUT2D eigenvalue weighted by Crippen LogP contribution is -2.52. The highest BCUT2D eigenvalue weighted by Gasteiger charge is 2.37. The lowest BCUT2D eigenvalue weighted by Gasteiger charge is -2.28. The van der Waals surface area contributed by atoms with Crippen LogP contribution in [-0.2, 0) is 19.1 Å². The zero-order valence-corrected chi connectivity index (χ0v) is 20.3. The Kier molecular flexibility index (Phi) is 8.87. The van der Waals surface area contributed by atoms with Crippen LogP contribution >= 0.6 is 12.6 Å². The van der Waals surface area contributed by atoms with Crippen LogP contribution in [0.4, 0.5) is 0 Å². The van der Waals surface area contributed by atoms with Crippen LogP contribution in [-0.4, -0.2) is 59.5 Å². The van der Waals surface area contributed by atoms with E-state index in [2.05, 4.69) is 17.9 Å². The molecule has 1 aliphatic heterocycles. The third kappa shape index (κ3) is 5.86. The molecule has 2 aromatic rings. The summed E-state index contributed by atoms with van der Waals surface area (Å²) in [4.78, 5) is 52.7. The Morgan fingerprint density at radius 3 is 2.47 bits per heavy atom. The second-order valence-electron chi connectivity index (χ2n) is 8.23. The monoisotopic (exact) mass is 482 g/mol. The highest BCUT2D eigenvalue weighted by atomic mass is 32.1. The van der Waals surface area contributed by atoms with E-state index in [1.165, 1.54) is 0 Å². The summed E-state index contributed by atoms with van der Waals surface area (Å²) in [5.41, 5.74) is 1.79. The van der Waals surface area contributed by atoms with Crippen molar-refractivity contribution in [2.75, 3.05) is 18.9 Å². The van der Waals surface area contributed by atoms with Crippen LogP contribution in [0.1, 0.15) is 54.1 Å². The van der Waals surface area contributed by atoms with Crippen molar-refractivity contribution in [2.45, 2.75) is 44.7 Å². The Bertz CT molecular complexity index is 1040. The Hall–Kier alpha value is -3.13. The molecular weight excluding hydrogens is 452 g/mol. The molecule has 1 heterocycles. The fourth-order valence-electron chi connectivity index (χ4n) is 4.09. The van der Waals surface area contributed by atoms with Gasteiger partial charge in [0, 0.05) is 23.4 Å². The number of carbonyl (C=O) groups excluding carboxylic acids is 4. The van der Waals surface area contributed by atoms with Gasteiger partial charge in [-0.2, -0.15) is 12.6 Å². The van der Waals surface area contributed by atoms with Crippen molar-refractivity contribution in [3.63, 3.8) is 0 Å². The van der Waals surface area contributed by atoms with E-state index in [1.807, 2.05) is 24.3 Å². The zero-order valence-electron chi connectivity index (χ0n) is 19.4. The molecule has 3 atom stereocenters. The molecule has 1 saturated heterocycles. The minimum atomic E-state index is -0.869. The standard InChI is InChI=1S/C26H30N2O5S/c1-3-33-26(32)21(16-34)27-24(30)22-13-8-14-28(22)25(31)17(2)19-11-7-12-20(15-19)23(29)18-9-5-4-6-10-18/h4-7,9-12,15,17,21-22,34H,3,8,13-14,16H2,1-2H3,(H,27,30). The summed E-state index contributed by atoms with van der Waals surface area (Å²) in [6.45, 7) is 4.12. The van der Waals surface area contributed by atoms with Crippen molar-refractivity contribution in [1.82, 2.24) is 10.2 Å². The Morgan fingerprint density at radius 2 is 1.79 bits per heavy atom.